The van der Waals surface area contributed by atoms with Crippen molar-refractivity contribution in [1.29, 1.82) is 0 Å². The van der Waals surface area contributed by atoms with Gasteiger partial charge >= 0.3 is 6.09 Å². The molecule has 43 heavy (non-hydrogen) atoms. The Hall–Kier alpha value is -5.52. The summed E-state index contributed by atoms with van der Waals surface area (Å²) < 4.78 is 5.10. The number of rotatable bonds is 14. The highest BCUT2D eigenvalue weighted by Gasteiger charge is 2.22. The van der Waals surface area contributed by atoms with Crippen LogP contribution in [0, 0.1) is 0 Å². The van der Waals surface area contributed by atoms with Crippen LogP contribution >= 0.6 is 0 Å². The molecule has 3 aromatic carbocycles. The Morgan fingerprint density at radius 1 is 0.721 bits per heavy atom. The molecule has 3 rings (SSSR count). The average Bonchev–Trinajstić information content (AvgIpc) is 3.01. The summed E-state index contributed by atoms with van der Waals surface area (Å²) in [4.78, 5) is 61.8. The van der Waals surface area contributed by atoms with E-state index in [9.17, 15) is 24.0 Å². The van der Waals surface area contributed by atoms with Gasteiger partial charge in [-0.05, 0) is 16.7 Å². The summed E-state index contributed by atoms with van der Waals surface area (Å²) in [6.07, 6.45) is 0.596. The molecule has 0 fully saturated rings. The van der Waals surface area contributed by atoms with Crippen LogP contribution in [0.2, 0.25) is 0 Å². The molecule has 0 saturated carbocycles. The summed E-state index contributed by atoms with van der Waals surface area (Å²) in [5.74, 6) is -2.18. The average molecular weight is 587 g/mol. The minimum Gasteiger partial charge on any atom is -0.445 e. The lowest BCUT2D eigenvalue weighted by molar-refractivity contribution is -0.128. The fourth-order valence-electron chi connectivity index (χ4n) is 3.91. The van der Waals surface area contributed by atoms with Crippen LogP contribution in [0.3, 0.4) is 0 Å². The quantitative estimate of drug-likeness (QED) is 0.109. The second kappa shape index (κ2) is 17.3. The standard InChI is InChI=1S/C31H34N6O6/c1-22(38)35-27(18-24-13-7-3-8-14-24)30(41)37-34-21-33-29(40)26(17-23-11-5-2-6-12-23)36-28(39)19-32-31(42)43-20-25-15-9-4-10-16-25/h2-16,21,26-27H,17-20H2,1H3,(H,32,42)(H,35,38)(H,36,39)(H,37,41)(H,33,34,40)/t26-,27-/m0/s1. The first-order valence-electron chi connectivity index (χ1n) is 13.5. The van der Waals surface area contributed by atoms with Crippen LogP contribution in [0.15, 0.2) is 96.1 Å². The Kier molecular flexibility index (Phi) is 12.9. The number of hydrazone groups is 1. The molecule has 0 aliphatic rings. The zero-order valence-electron chi connectivity index (χ0n) is 23.6. The number of carbonyl (C=O) groups excluding carboxylic acids is 5. The molecule has 5 amide bonds. The van der Waals surface area contributed by atoms with Crippen LogP contribution in [0.25, 0.3) is 0 Å². The zero-order valence-corrected chi connectivity index (χ0v) is 23.6. The fourth-order valence-corrected chi connectivity index (χ4v) is 3.91. The fraction of sp³-hybridized carbons (Fsp3) is 0.226. The molecule has 0 aliphatic heterocycles. The summed E-state index contributed by atoms with van der Waals surface area (Å²) in [7, 11) is 0. The third kappa shape index (κ3) is 12.3. The molecule has 3 aromatic rings. The molecule has 0 saturated heterocycles. The number of nitrogens with one attached hydrogen (secondary N) is 5. The number of amides is 5. The maximum absolute atomic E-state index is 12.9. The number of hydrogen-bond donors (Lipinski definition) is 5. The molecule has 0 aromatic heterocycles. The predicted molar refractivity (Wildman–Crippen MR) is 159 cm³/mol. The summed E-state index contributed by atoms with van der Waals surface area (Å²) in [6.45, 7) is 0.933. The van der Waals surface area contributed by atoms with Crippen molar-refractivity contribution in [2.24, 2.45) is 5.10 Å². The van der Waals surface area contributed by atoms with E-state index in [1.54, 1.807) is 36.4 Å². The Labute approximate surface area is 249 Å². The van der Waals surface area contributed by atoms with Crippen molar-refractivity contribution in [2.75, 3.05) is 6.54 Å². The van der Waals surface area contributed by atoms with Crippen LogP contribution in [-0.2, 0) is 43.4 Å². The van der Waals surface area contributed by atoms with E-state index in [1.165, 1.54) is 6.92 Å². The van der Waals surface area contributed by atoms with Crippen molar-refractivity contribution >= 4 is 36.1 Å². The van der Waals surface area contributed by atoms with Gasteiger partial charge in [0.25, 0.3) is 5.91 Å². The number of alkyl carbamates (subject to hydrolysis) is 1. The van der Waals surface area contributed by atoms with E-state index in [2.05, 4.69) is 31.8 Å². The number of ether oxygens (including phenoxy) is 1. The lowest BCUT2D eigenvalue weighted by Gasteiger charge is -2.18. The Bertz CT molecular complexity index is 1390. The van der Waals surface area contributed by atoms with Gasteiger partial charge in [0.05, 0.1) is 0 Å². The highest BCUT2D eigenvalue weighted by atomic mass is 16.5. The normalized spacial score (nSPS) is 11.9. The van der Waals surface area contributed by atoms with Crippen LogP contribution < -0.4 is 26.7 Å². The maximum Gasteiger partial charge on any atom is 0.407 e. The van der Waals surface area contributed by atoms with E-state index < -0.39 is 42.4 Å². The first-order chi connectivity index (χ1) is 20.8. The summed E-state index contributed by atoms with van der Waals surface area (Å²) in [5.41, 5.74) is 4.71. The number of nitrogens with zero attached hydrogens (tertiary/aromatic N) is 1. The van der Waals surface area contributed by atoms with Gasteiger partial charge in [0.15, 0.2) is 0 Å². The minimum atomic E-state index is -1.02. The minimum absolute atomic E-state index is 0.0427. The summed E-state index contributed by atoms with van der Waals surface area (Å²) in [5, 5.41) is 13.7. The molecule has 0 unspecified atom stereocenters. The molecular formula is C31H34N6O6. The number of hydrogen-bond acceptors (Lipinski definition) is 7. The number of benzene rings is 3. The van der Waals surface area contributed by atoms with E-state index in [0.29, 0.717) is 0 Å². The van der Waals surface area contributed by atoms with Gasteiger partial charge in [-0.2, -0.15) is 5.10 Å². The van der Waals surface area contributed by atoms with Crippen molar-refractivity contribution in [1.82, 2.24) is 26.7 Å². The summed E-state index contributed by atoms with van der Waals surface area (Å²) >= 11 is 0. The van der Waals surface area contributed by atoms with Crippen molar-refractivity contribution < 1.29 is 28.7 Å². The highest BCUT2D eigenvalue weighted by molar-refractivity contribution is 5.95. The van der Waals surface area contributed by atoms with Crippen LogP contribution in [0.4, 0.5) is 4.79 Å². The highest BCUT2D eigenvalue weighted by Crippen LogP contribution is 2.05. The van der Waals surface area contributed by atoms with Gasteiger partial charge in [-0.1, -0.05) is 91.0 Å². The van der Waals surface area contributed by atoms with E-state index in [0.717, 1.165) is 23.0 Å². The monoisotopic (exact) mass is 586 g/mol. The van der Waals surface area contributed by atoms with Gasteiger partial charge < -0.3 is 26.0 Å². The third-order valence-electron chi connectivity index (χ3n) is 5.96. The zero-order chi connectivity index (χ0) is 30.9. The van der Waals surface area contributed by atoms with Gasteiger partial charge in [0.2, 0.25) is 17.7 Å². The summed E-state index contributed by atoms with van der Waals surface area (Å²) in [6, 6.07) is 25.3. The molecule has 0 spiro atoms. The van der Waals surface area contributed by atoms with Crippen LogP contribution in [-0.4, -0.2) is 54.7 Å². The third-order valence-corrected chi connectivity index (χ3v) is 5.96. The molecule has 0 heterocycles. The Morgan fingerprint density at radius 2 is 1.23 bits per heavy atom. The van der Waals surface area contributed by atoms with Crippen molar-refractivity contribution in [3.63, 3.8) is 0 Å². The Morgan fingerprint density at radius 3 is 1.77 bits per heavy atom. The first kappa shape index (κ1) is 32.0. The van der Waals surface area contributed by atoms with Crippen LogP contribution in [0.1, 0.15) is 23.6 Å². The topological polar surface area (TPSA) is 167 Å². The lowest BCUT2D eigenvalue weighted by atomic mass is 10.1. The molecule has 0 bridgehead atoms. The lowest BCUT2D eigenvalue weighted by Crippen LogP contribution is -2.50. The van der Waals surface area contributed by atoms with E-state index in [1.807, 2.05) is 54.6 Å². The number of carbonyl (C=O) groups is 5. The van der Waals surface area contributed by atoms with Crippen LogP contribution in [0.5, 0.6) is 0 Å². The second-order valence-corrected chi connectivity index (χ2v) is 9.41. The maximum atomic E-state index is 12.9. The van der Waals surface area contributed by atoms with Crippen molar-refractivity contribution in [3.05, 3.63) is 108 Å². The van der Waals surface area contributed by atoms with Gasteiger partial charge in [0, 0.05) is 19.8 Å². The molecule has 12 nitrogen and oxygen atoms in total. The van der Waals surface area contributed by atoms with Gasteiger partial charge in [0.1, 0.15) is 31.6 Å². The molecule has 224 valence electrons. The molecule has 0 radical (unpaired) electrons. The van der Waals surface area contributed by atoms with Crippen molar-refractivity contribution in [2.45, 2.75) is 38.5 Å². The second-order valence-electron chi connectivity index (χ2n) is 9.41. The molecule has 0 aliphatic carbocycles. The first-order valence-corrected chi connectivity index (χ1v) is 13.5. The SMILES string of the molecule is CC(=O)N[C@@H](Cc1ccccc1)C(=O)N/N=C/NC(=O)[C@H](Cc1ccccc1)NC(=O)CNC(=O)OCc1ccccc1. The largest absolute Gasteiger partial charge is 0.445 e. The van der Waals surface area contributed by atoms with Gasteiger partial charge in [-0.15, -0.1) is 0 Å². The predicted octanol–water partition coefficient (Wildman–Crippen LogP) is 1.56. The van der Waals surface area contributed by atoms with E-state index in [4.69, 9.17) is 4.74 Å². The molecular weight excluding hydrogens is 552 g/mol. The van der Waals surface area contributed by atoms with E-state index >= 15 is 0 Å². The van der Waals surface area contributed by atoms with Gasteiger partial charge in [-0.25, -0.2) is 10.2 Å². The molecule has 2 atom stereocenters. The smallest absolute Gasteiger partial charge is 0.407 e. The Balaban J connectivity index is 1.53. The molecule has 5 N–H and O–H groups in total. The van der Waals surface area contributed by atoms with Crippen molar-refractivity contribution in [3.8, 4) is 0 Å². The van der Waals surface area contributed by atoms with Gasteiger partial charge in [-0.3, -0.25) is 19.2 Å². The van der Waals surface area contributed by atoms with E-state index in [-0.39, 0.29) is 25.4 Å². The molecule has 12 heteroatoms.